The van der Waals surface area contributed by atoms with E-state index >= 15 is 0 Å². The molecule has 2 atom stereocenters. The molecule has 1 amide bonds. The molecule has 0 spiro atoms. The van der Waals surface area contributed by atoms with E-state index in [4.69, 9.17) is 4.74 Å². The lowest BCUT2D eigenvalue weighted by Gasteiger charge is -2.40. The molecule has 2 saturated heterocycles. The van der Waals surface area contributed by atoms with E-state index in [9.17, 15) is 13.2 Å². The fourth-order valence-electron chi connectivity index (χ4n) is 3.02. The first-order chi connectivity index (χ1) is 10.7. The van der Waals surface area contributed by atoms with Gasteiger partial charge in [-0.25, -0.2) is 0 Å². The Morgan fingerprint density at radius 3 is 2.04 bits per heavy atom. The predicted octanol–water partition coefficient (Wildman–Crippen LogP) is -0.954. The molecule has 2 aliphatic heterocycles. The van der Waals surface area contributed by atoms with Gasteiger partial charge in [0.15, 0.2) is 0 Å². The summed E-state index contributed by atoms with van der Waals surface area (Å²) in [4.78, 5) is 15.6. The zero-order chi connectivity index (χ0) is 17.2. The number of morpholine rings is 1. The summed E-state index contributed by atoms with van der Waals surface area (Å²) in [6.45, 7) is 6.47. The van der Waals surface area contributed by atoms with Crippen LogP contribution < -0.4 is 0 Å². The highest BCUT2D eigenvalue weighted by atomic mass is 32.2. The molecule has 2 unspecified atom stereocenters. The summed E-state index contributed by atoms with van der Waals surface area (Å²) in [6.07, 6.45) is -0.201. The Morgan fingerprint density at radius 2 is 1.57 bits per heavy atom. The second-order valence-corrected chi connectivity index (χ2v) is 8.53. The fraction of sp³-hybridized carbons (Fsp3) is 0.929. The molecule has 2 rings (SSSR count). The van der Waals surface area contributed by atoms with Crippen molar-refractivity contribution in [2.45, 2.75) is 26.1 Å². The van der Waals surface area contributed by atoms with Crippen LogP contribution in [0.4, 0.5) is 0 Å². The Hall–Kier alpha value is -0.740. The van der Waals surface area contributed by atoms with Crippen molar-refractivity contribution in [1.29, 1.82) is 0 Å². The predicted molar refractivity (Wildman–Crippen MR) is 87.2 cm³/mol. The molecule has 2 aliphatic rings. The van der Waals surface area contributed by atoms with Crippen LogP contribution >= 0.6 is 0 Å². The summed E-state index contributed by atoms with van der Waals surface area (Å²) in [5, 5.41) is 0. The van der Waals surface area contributed by atoms with Crippen molar-refractivity contribution in [3.8, 4) is 0 Å². The Labute approximate surface area is 139 Å². The number of carbonyl (C=O) groups excluding carboxylic acids is 1. The number of rotatable bonds is 4. The molecular weight excluding hydrogens is 320 g/mol. The van der Waals surface area contributed by atoms with Crippen LogP contribution in [-0.2, 0) is 19.7 Å². The minimum Gasteiger partial charge on any atom is -0.373 e. The molecular formula is C14H28N4O4S. The van der Waals surface area contributed by atoms with E-state index in [1.807, 2.05) is 32.8 Å². The Balaban J connectivity index is 1.94. The van der Waals surface area contributed by atoms with E-state index in [0.29, 0.717) is 45.8 Å². The zero-order valence-corrected chi connectivity index (χ0v) is 15.3. The summed E-state index contributed by atoms with van der Waals surface area (Å²) in [5.74, 6) is 0.0423. The molecule has 8 nitrogen and oxygen atoms in total. The largest absolute Gasteiger partial charge is 0.373 e. The minimum atomic E-state index is -3.48. The summed E-state index contributed by atoms with van der Waals surface area (Å²) < 4.78 is 34.1. The fourth-order valence-corrected chi connectivity index (χ4v) is 4.77. The molecule has 9 heteroatoms. The number of hydrogen-bond donors (Lipinski definition) is 0. The lowest BCUT2D eigenvalue weighted by Crippen LogP contribution is -2.58. The molecule has 0 saturated carbocycles. The molecule has 0 radical (unpaired) electrons. The lowest BCUT2D eigenvalue weighted by molar-refractivity contribution is -0.133. The van der Waals surface area contributed by atoms with Gasteiger partial charge in [-0.2, -0.15) is 17.0 Å². The number of hydrogen-bond acceptors (Lipinski definition) is 5. The number of likely N-dealkylation sites (N-methyl/N-ethyl adjacent to an activating group) is 1. The van der Waals surface area contributed by atoms with E-state index in [2.05, 4.69) is 0 Å². The molecule has 0 aromatic carbocycles. The monoisotopic (exact) mass is 348 g/mol. The van der Waals surface area contributed by atoms with E-state index in [-0.39, 0.29) is 18.1 Å². The van der Waals surface area contributed by atoms with Crippen molar-refractivity contribution in [3.05, 3.63) is 0 Å². The van der Waals surface area contributed by atoms with Gasteiger partial charge in [-0.1, -0.05) is 0 Å². The van der Waals surface area contributed by atoms with Gasteiger partial charge in [-0.15, -0.1) is 0 Å². The zero-order valence-electron chi connectivity index (χ0n) is 14.4. The highest BCUT2D eigenvalue weighted by molar-refractivity contribution is 7.86. The molecule has 2 fully saturated rings. The molecule has 0 aromatic heterocycles. The van der Waals surface area contributed by atoms with Crippen LogP contribution in [-0.4, -0.2) is 105 Å². The third kappa shape index (κ3) is 4.63. The standard InChI is InChI=1S/C14H28N4O4S/c1-12-9-18(10-13(2)22-12)23(20,21)17-7-5-16(6-8-17)14(19)11-15(3)4/h12-13H,5-11H2,1-4H3. The van der Waals surface area contributed by atoms with Gasteiger partial charge in [0, 0.05) is 39.3 Å². The molecule has 0 bridgehead atoms. The van der Waals surface area contributed by atoms with E-state index in [1.54, 1.807) is 4.90 Å². The van der Waals surface area contributed by atoms with Crippen molar-refractivity contribution in [2.24, 2.45) is 0 Å². The van der Waals surface area contributed by atoms with Gasteiger partial charge in [0.1, 0.15) is 0 Å². The van der Waals surface area contributed by atoms with Crippen molar-refractivity contribution in [3.63, 3.8) is 0 Å². The van der Waals surface area contributed by atoms with Gasteiger partial charge in [0.05, 0.1) is 18.8 Å². The summed E-state index contributed by atoms with van der Waals surface area (Å²) in [6, 6.07) is 0. The summed E-state index contributed by atoms with van der Waals surface area (Å²) >= 11 is 0. The van der Waals surface area contributed by atoms with Crippen molar-refractivity contribution in [1.82, 2.24) is 18.4 Å². The molecule has 23 heavy (non-hydrogen) atoms. The molecule has 0 N–H and O–H groups in total. The lowest BCUT2D eigenvalue weighted by atomic mass is 10.3. The van der Waals surface area contributed by atoms with Gasteiger partial charge in [-0.3, -0.25) is 4.79 Å². The average Bonchev–Trinajstić information content (AvgIpc) is 2.45. The topological polar surface area (TPSA) is 73.4 Å². The first kappa shape index (κ1) is 18.6. The van der Waals surface area contributed by atoms with Crippen LogP contribution in [0.5, 0.6) is 0 Å². The third-order valence-corrected chi connectivity index (χ3v) is 6.05. The highest BCUT2D eigenvalue weighted by Gasteiger charge is 2.37. The van der Waals surface area contributed by atoms with E-state index < -0.39 is 10.2 Å². The molecule has 0 aliphatic carbocycles. The highest BCUT2D eigenvalue weighted by Crippen LogP contribution is 2.18. The average molecular weight is 348 g/mol. The van der Waals surface area contributed by atoms with Gasteiger partial charge in [0.25, 0.3) is 10.2 Å². The van der Waals surface area contributed by atoms with E-state index in [0.717, 1.165) is 0 Å². The number of nitrogens with zero attached hydrogens (tertiary/aromatic N) is 4. The second kappa shape index (κ2) is 7.43. The Morgan fingerprint density at radius 1 is 1.04 bits per heavy atom. The maximum absolute atomic E-state index is 12.8. The Kier molecular flexibility index (Phi) is 6.01. The quantitative estimate of drug-likeness (QED) is 0.655. The van der Waals surface area contributed by atoms with Gasteiger partial charge in [-0.05, 0) is 27.9 Å². The van der Waals surface area contributed by atoms with E-state index in [1.165, 1.54) is 8.61 Å². The minimum absolute atomic E-state index is 0.0423. The first-order valence-electron chi connectivity index (χ1n) is 8.03. The number of carbonyl (C=O) groups is 1. The van der Waals surface area contributed by atoms with Gasteiger partial charge < -0.3 is 14.5 Å². The van der Waals surface area contributed by atoms with Crippen molar-refractivity contribution in [2.75, 3.05) is 59.9 Å². The molecule has 2 heterocycles. The summed E-state index contributed by atoms with van der Waals surface area (Å²) in [7, 11) is 0.208. The van der Waals surface area contributed by atoms with Crippen molar-refractivity contribution >= 4 is 16.1 Å². The third-order valence-electron chi connectivity index (χ3n) is 4.08. The van der Waals surface area contributed by atoms with Gasteiger partial charge in [0.2, 0.25) is 5.91 Å². The SMILES string of the molecule is CC1CN(S(=O)(=O)N2CCN(C(=O)CN(C)C)CC2)CC(C)O1. The summed E-state index contributed by atoms with van der Waals surface area (Å²) in [5.41, 5.74) is 0. The van der Waals surface area contributed by atoms with Crippen LogP contribution in [0.2, 0.25) is 0 Å². The van der Waals surface area contributed by atoms with Gasteiger partial charge >= 0.3 is 0 Å². The van der Waals surface area contributed by atoms with Crippen LogP contribution in [0.25, 0.3) is 0 Å². The van der Waals surface area contributed by atoms with Crippen LogP contribution in [0.1, 0.15) is 13.8 Å². The molecule has 0 aromatic rings. The smallest absolute Gasteiger partial charge is 0.282 e. The maximum atomic E-state index is 12.8. The van der Waals surface area contributed by atoms with Crippen molar-refractivity contribution < 1.29 is 17.9 Å². The number of amides is 1. The molecule has 134 valence electrons. The normalized spacial score (nSPS) is 28.3. The van der Waals surface area contributed by atoms with Crippen LogP contribution in [0.3, 0.4) is 0 Å². The number of ether oxygens (including phenoxy) is 1. The second-order valence-electron chi connectivity index (χ2n) is 6.60. The number of piperazine rings is 1. The first-order valence-corrected chi connectivity index (χ1v) is 9.43. The van der Waals surface area contributed by atoms with Crippen LogP contribution in [0.15, 0.2) is 0 Å². The maximum Gasteiger partial charge on any atom is 0.282 e. The Bertz CT molecular complexity index is 507. The van der Waals surface area contributed by atoms with Crippen LogP contribution in [0, 0.1) is 0 Å².